The van der Waals surface area contributed by atoms with Crippen LogP contribution in [-0.2, 0) is 54.5 Å². The molecule has 18 nitrogen and oxygen atoms in total. The molecule has 4 aromatic carbocycles. The second kappa shape index (κ2) is 25.7. The summed E-state index contributed by atoms with van der Waals surface area (Å²) >= 11 is 0. The molecule has 6 atom stereocenters. The van der Waals surface area contributed by atoms with E-state index in [2.05, 4.69) is 36.6 Å². The van der Waals surface area contributed by atoms with Crippen LogP contribution in [0.15, 0.2) is 116 Å². The van der Waals surface area contributed by atoms with Crippen molar-refractivity contribution in [2.45, 2.75) is 100 Å². The summed E-state index contributed by atoms with van der Waals surface area (Å²) in [7, 11) is 0. The number of hydrogen-bond acceptors (Lipinski definition) is 10. The van der Waals surface area contributed by atoms with Crippen molar-refractivity contribution in [3.8, 4) is 5.75 Å². The number of phenols is 1. The molecular formula is C52H65N11O7. The number of primary amides is 1. The Kier molecular flexibility index (Phi) is 19.0. The minimum absolute atomic E-state index is 0.0117. The quantitative estimate of drug-likeness (QED) is 0.0334. The van der Waals surface area contributed by atoms with Crippen LogP contribution in [0.25, 0.3) is 21.8 Å². The maximum Gasteiger partial charge on any atom is 0.243 e. The van der Waals surface area contributed by atoms with E-state index in [9.17, 15) is 33.9 Å². The van der Waals surface area contributed by atoms with Crippen LogP contribution >= 0.6 is 0 Å². The van der Waals surface area contributed by atoms with Crippen molar-refractivity contribution in [3.05, 3.63) is 138 Å². The largest absolute Gasteiger partial charge is 0.508 e. The number of H-pyrrole nitrogens is 2. The zero-order chi connectivity index (χ0) is 50.0. The lowest BCUT2D eigenvalue weighted by molar-refractivity contribution is -0.135. The molecule has 2 heterocycles. The number of aromatic nitrogens is 2. The van der Waals surface area contributed by atoms with E-state index in [-0.39, 0.29) is 37.9 Å². The molecule has 0 saturated carbocycles. The number of benzene rings is 4. The van der Waals surface area contributed by atoms with Gasteiger partial charge in [0.25, 0.3) is 0 Å². The highest BCUT2D eigenvalue weighted by Crippen LogP contribution is 2.22. The molecule has 0 aliphatic heterocycles. The first-order valence-electron chi connectivity index (χ1n) is 23.7. The third kappa shape index (κ3) is 14.7. The topological polar surface area (TPSA) is 318 Å². The van der Waals surface area contributed by atoms with Gasteiger partial charge in [-0.15, -0.1) is 0 Å². The Morgan fingerprint density at radius 1 is 0.471 bits per heavy atom. The molecular weight excluding hydrogens is 891 g/mol. The number of fused-ring (bicyclic) bond motifs is 2. The lowest BCUT2D eigenvalue weighted by Crippen LogP contribution is -2.60. The summed E-state index contributed by atoms with van der Waals surface area (Å²) in [5.41, 5.74) is 27.6. The number of aromatic hydroxyl groups is 1. The number of carbonyl (C=O) groups excluding carboxylic acids is 6. The highest BCUT2D eigenvalue weighted by atomic mass is 16.3. The van der Waals surface area contributed by atoms with Gasteiger partial charge in [-0.25, -0.2) is 0 Å². The lowest BCUT2D eigenvalue weighted by atomic mass is 9.99. The van der Waals surface area contributed by atoms with Gasteiger partial charge in [-0.2, -0.15) is 0 Å². The van der Waals surface area contributed by atoms with Gasteiger partial charge in [0, 0.05) is 59.9 Å². The molecule has 18 heteroatoms. The number of rotatable bonds is 27. The van der Waals surface area contributed by atoms with Crippen LogP contribution < -0.4 is 49.5 Å². The van der Waals surface area contributed by atoms with E-state index in [0.29, 0.717) is 67.4 Å². The van der Waals surface area contributed by atoms with Crippen LogP contribution in [0, 0.1) is 0 Å². The minimum Gasteiger partial charge on any atom is -0.508 e. The smallest absolute Gasteiger partial charge is 0.243 e. The van der Waals surface area contributed by atoms with Crippen molar-refractivity contribution in [2.24, 2.45) is 22.9 Å². The number of carbonyl (C=O) groups is 6. The average Bonchev–Trinajstić information content (AvgIpc) is 3.97. The molecule has 2 aromatic heterocycles. The molecule has 6 aromatic rings. The maximum atomic E-state index is 15.0. The van der Waals surface area contributed by atoms with Crippen LogP contribution in [0.2, 0.25) is 0 Å². The van der Waals surface area contributed by atoms with Gasteiger partial charge in [0.15, 0.2) is 0 Å². The number of hydrogen-bond donors (Lipinski definition) is 12. The Hall–Kier alpha value is -7.54. The first-order chi connectivity index (χ1) is 33.8. The third-order valence-electron chi connectivity index (χ3n) is 12.3. The second-order valence-electron chi connectivity index (χ2n) is 17.6. The van der Waals surface area contributed by atoms with E-state index in [1.54, 1.807) is 48.8 Å². The molecule has 16 N–H and O–H groups in total. The van der Waals surface area contributed by atoms with Gasteiger partial charge in [0.2, 0.25) is 35.4 Å². The predicted molar refractivity (Wildman–Crippen MR) is 269 cm³/mol. The number of aromatic amines is 2. The Morgan fingerprint density at radius 2 is 0.871 bits per heavy atom. The van der Waals surface area contributed by atoms with Gasteiger partial charge >= 0.3 is 0 Å². The Labute approximate surface area is 406 Å². The predicted octanol–water partition coefficient (Wildman–Crippen LogP) is 2.12. The number of nitrogens with one attached hydrogen (secondary N) is 7. The third-order valence-corrected chi connectivity index (χ3v) is 12.3. The van der Waals surface area contributed by atoms with E-state index >= 15 is 0 Å². The average molecular weight is 956 g/mol. The standard InChI is InChI=1S/C52H65N11O7/c53-24-10-8-16-39(55)48(66)60-43(27-33-20-22-36(64)23-21-33)50(68)62-46(29-35-31-58-41-18-7-5-15-38(35)41)52(70)63-45(28-34-30-57-40-17-6-4-14-37(34)40)51(69)61-44(26-32-12-2-1-3-13-32)49(67)59-42(47(56)65)19-9-11-25-54/h1-7,12-15,17-18,20-23,30-31,39,42-46,57-58,64H,8-11,16,19,24-29,53-55H2,(H2,56,65)(H,59,67)(H,60,66)(H,61,69)(H,62,68)(H,63,70)/t39-,42+,43+,44+,45-,46-/m1/s1. The van der Waals surface area contributed by atoms with Crippen LogP contribution in [0.1, 0.15) is 60.8 Å². The molecule has 6 rings (SSSR count). The zero-order valence-electron chi connectivity index (χ0n) is 39.1. The van der Waals surface area contributed by atoms with Gasteiger partial charge < -0.3 is 64.6 Å². The van der Waals surface area contributed by atoms with Crippen molar-refractivity contribution in [1.82, 2.24) is 36.6 Å². The fourth-order valence-electron chi connectivity index (χ4n) is 8.38. The van der Waals surface area contributed by atoms with Crippen LogP contribution in [0.4, 0.5) is 0 Å². The van der Waals surface area contributed by atoms with E-state index < -0.39 is 71.7 Å². The molecule has 0 radical (unpaired) electrons. The van der Waals surface area contributed by atoms with Crippen molar-refractivity contribution in [3.63, 3.8) is 0 Å². The van der Waals surface area contributed by atoms with Crippen LogP contribution in [0.5, 0.6) is 5.75 Å². The minimum atomic E-state index is -1.32. The zero-order valence-corrected chi connectivity index (χ0v) is 39.1. The second-order valence-corrected chi connectivity index (χ2v) is 17.6. The monoisotopic (exact) mass is 956 g/mol. The van der Waals surface area contributed by atoms with E-state index in [1.807, 2.05) is 54.6 Å². The SMILES string of the molecule is NCCCC[C@@H](N)C(=O)N[C@@H](Cc1ccc(O)cc1)C(=O)N[C@H](Cc1c[nH]c2ccccc12)C(=O)N[C@H](Cc1c[nH]c2ccccc12)C(=O)N[C@@H](Cc1ccccc1)C(=O)N[C@@H](CCCCN)C(N)=O. The van der Waals surface area contributed by atoms with Crippen molar-refractivity contribution < 1.29 is 33.9 Å². The van der Waals surface area contributed by atoms with E-state index in [1.165, 1.54) is 12.1 Å². The molecule has 0 bridgehead atoms. The molecule has 0 spiro atoms. The van der Waals surface area contributed by atoms with Gasteiger partial charge in [-0.3, -0.25) is 28.8 Å². The highest BCUT2D eigenvalue weighted by Gasteiger charge is 2.34. The van der Waals surface area contributed by atoms with E-state index in [4.69, 9.17) is 22.9 Å². The summed E-state index contributed by atoms with van der Waals surface area (Å²) in [5.74, 6) is -4.11. The fraction of sp³-hybridized carbons (Fsp3) is 0.346. The Morgan fingerprint density at radius 3 is 1.34 bits per heavy atom. The van der Waals surface area contributed by atoms with Gasteiger partial charge in [-0.1, -0.05) is 85.3 Å². The molecule has 70 heavy (non-hydrogen) atoms. The summed E-state index contributed by atoms with van der Waals surface area (Å²) in [6, 6.07) is 23.1. The van der Waals surface area contributed by atoms with Crippen molar-refractivity contribution in [2.75, 3.05) is 13.1 Å². The summed E-state index contributed by atoms with van der Waals surface area (Å²) in [4.78, 5) is 91.0. The fourth-order valence-corrected chi connectivity index (χ4v) is 8.38. The highest BCUT2D eigenvalue weighted by molar-refractivity contribution is 5.98. The number of unbranched alkanes of at least 4 members (excludes halogenated alkanes) is 2. The number of para-hydroxylation sites is 2. The first-order valence-corrected chi connectivity index (χ1v) is 23.7. The van der Waals surface area contributed by atoms with E-state index in [0.717, 1.165) is 21.8 Å². The van der Waals surface area contributed by atoms with Gasteiger partial charge in [0.05, 0.1) is 6.04 Å². The Balaban J connectivity index is 1.33. The molecule has 0 aliphatic rings. The number of amides is 6. The molecule has 370 valence electrons. The molecule has 0 unspecified atom stereocenters. The molecule has 0 fully saturated rings. The van der Waals surface area contributed by atoms with Crippen LogP contribution in [0.3, 0.4) is 0 Å². The summed E-state index contributed by atoms with van der Waals surface area (Å²) < 4.78 is 0. The first kappa shape index (κ1) is 51.8. The summed E-state index contributed by atoms with van der Waals surface area (Å²) in [6.07, 6.45) is 6.39. The van der Waals surface area contributed by atoms with Crippen molar-refractivity contribution in [1.29, 1.82) is 0 Å². The maximum absolute atomic E-state index is 15.0. The molecule has 6 amide bonds. The summed E-state index contributed by atoms with van der Waals surface area (Å²) in [5, 5.41) is 25.8. The number of nitrogens with two attached hydrogens (primary N) is 4. The van der Waals surface area contributed by atoms with Crippen LogP contribution in [-0.4, -0.2) is 99.9 Å². The lowest BCUT2D eigenvalue weighted by Gasteiger charge is -2.27. The number of phenolic OH excluding ortho intramolecular Hbond substituents is 1. The normalized spacial score (nSPS) is 13.9. The van der Waals surface area contributed by atoms with Crippen molar-refractivity contribution >= 4 is 57.2 Å². The van der Waals surface area contributed by atoms with Gasteiger partial charge in [-0.05, 0) is 91.7 Å². The molecule has 0 aliphatic carbocycles. The molecule has 0 saturated heterocycles. The Bertz CT molecular complexity index is 2690. The summed E-state index contributed by atoms with van der Waals surface area (Å²) in [6.45, 7) is 0.824. The van der Waals surface area contributed by atoms with Gasteiger partial charge in [0.1, 0.15) is 36.0 Å².